The topological polar surface area (TPSA) is 58.9 Å². The Morgan fingerprint density at radius 3 is 1.23 bits per heavy atom. The molecule has 0 aromatic heterocycles. The molecule has 0 unspecified atom stereocenters. The Labute approximate surface area is 160 Å². The fourth-order valence-electron chi connectivity index (χ4n) is 2.46. The van der Waals surface area contributed by atoms with Gasteiger partial charge in [0.2, 0.25) is 0 Å². The van der Waals surface area contributed by atoms with Gasteiger partial charge in [0, 0.05) is 37.2 Å². The molecule has 0 aliphatic rings. The second kappa shape index (κ2) is 11.5. The maximum absolute atomic E-state index is 9.00. The quantitative estimate of drug-likeness (QED) is 0.645. The minimum atomic E-state index is -0.0833. The van der Waals surface area contributed by atoms with Gasteiger partial charge in [0.05, 0.1) is 13.2 Å². The van der Waals surface area contributed by atoms with Gasteiger partial charge in [-0.2, -0.15) is 0 Å². The highest BCUT2D eigenvalue weighted by Crippen LogP contribution is 2.41. The van der Waals surface area contributed by atoms with Gasteiger partial charge in [-0.25, -0.2) is 0 Å². The second-order valence-electron chi connectivity index (χ2n) is 8.20. The van der Waals surface area contributed by atoms with Gasteiger partial charge in [-0.1, -0.05) is 55.4 Å². The minimum Gasteiger partial charge on any atom is -0.493 e. The summed E-state index contributed by atoms with van der Waals surface area (Å²) >= 11 is 0. The third-order valence-corrected chi connectivity index (χ3v) is 3.82. The van der Waals surface area contributed by atoms with E-state index in [2.05, 4.69) is 53.7 Å². The lowest BCUT2D eigenvalue weighted by molar-refractivity contribution is 0.225. The van der Waals surface area contributed by atoms with Crippen LogP contribution in [0.2, 0.25) is 0 Å². The zero-order valence-electron chi connectivity index (χ0n) is 18.1. The van der Waals surface area contributed by atoms with Crippen molar-refractivity contribution in [2.45, 2.75) is 79.1 Å². The van der Waals surface area contributed by atoms with Crippen molar-refractivity contribution < 1.29 is 19.7 Å². The highest BCUT2D eigenvalue weighted by molar-refractivity contribution is 5.51. The van der Waals surface area contributed by atoms with Gasteiger partial charge >= 0.3 is 0 Å². The molecule has 0 saturated carbocycles. The fourth-order valence-corrected chi connectivity index (χ4v) is 2.46. The van der Waals surface area contributed by atoms with Crippen LogP contribution in [-0.4, -0.2) is 36.6 Å². The standard InChI is InChI=1S/C20H34O4.C2H6/c1-19(2,3)15-13-18(24-12-8-10-22)16(20(4,5)6)14-17(15)23-11-7-9-21;1-2/h13-14,21-22H,7-12H2,1-6H3;1-2H3. The van der Waals surface area contributed by atoms with Crippen LogP contribution in [0.4, 0.5) is 0 Å². The summed E-state index contributed by atoms with van der Waals surface area (Å²) < 4.78 is 11.9. The summed E-state index contributed by atoms with van der Waals surface area (Å²) in [5.74, 6) is 1.71. The summed E-state index contributed by atoms with van der Waals surface area (Å²) in [5, 5.41) is 18.0. The minimum absolute atomic E-state index is 0.0833. The smallest absolute Gasteiger partial charge is 0.123 e. The van der Waals surface area contributed by atoms with Crippen molar-refractivity contribution >= 4 is 0 Å². The summed E-state index contributed by atoms with van der Waals surface area (Å²) in [6.07, 6.45) is 1.23. The van der Waals surface area contributed by atoms with E-state index >= 15 is 0 Å². The largest absolute Gasteiger partial charge is 0.493 e. The van der Waals surface area contributed by atoms with Crippen LogP contribution < -0.4 is 9.47 Å². The van der Waals surface area contributed by atoms with E-state index in [9.17, 15) is 0 Å². The molecule has 0 heterocycles. The number of rotatable bonds is 8. The lowest BCUT2D eigenvalue weighted by Gasteiger charge is -2.29. The average Bonchev–Trinajstić information content (AvgIpc) is 2.56. The average molecular weight is 369 g/mol. The number of hydrogen-bond acceptors (Lipinski definition) is 4. The third kappa shape index (κ3) is 7.96. The number of benzene rings is 1. The van der Waals surface area contributed by atoms with E-state index < -0.39 is 0 Å². The van der Waals surface area contributed by atoms with Crippen molar-refractivity contribution in [3.05, 3.63) is 23.3 Å². The zero-order chi connectivity index (χ0) is 20.4. The van der Waals surface area contributed by atoms with Crippen LogP contribution in [0.15, 0.2) is 12.1 Å². The predicted octanol–water partition coefficient (Wildman–Crippen LogP) is 4.83. The summed E-state index contributed by atoms with van der Waals surface area (Å²) in [4.78, 5) is 0. The highest BCUT2D eigenvalue weighted by atomic mass is 16.5. The van der Waals surface area contributed by atoms with Crippen LogP contribution in [-0.2, 0) is 10.8 Å². The van der Waals surface area contributed by atoms with Gasteiger partial charge in [0.1, 0.15) is 11.5 Å². The molecule has 0 aliphatic heterocycles. The molecule has 0 spiro atoms. The maximum Gasteiger partial charge on any atom is 0.123 e. The lowest BCUT2D eigenvalue weighted by atomic mass is 9.81. The van der Waals surface area contributed by atoms with E-state index in [1.807, 2.05) is 13.8 Å². The van der Waals surface area contributed by atoms with Crippen molar-refractivity contribution in [1.29, 1.82) is 0 Å². The van der Waals surface area contributed by atoms with Crippen molar-refractivity contribution in [2.75, 3.05) is 26.4 Å². The summed E-state index contributed by atoms with van der Waals surface area (Å²) in [6, 6.07) is 4.15. The Morgan fingerprint density at radius 1 is 0.692 bits per heavy atom. The Balaban J connectivity index is 0.00000301. The van der Waals surface area contributed by atoms with E-state index in [-0.39, 0.29) is 24.0 Å². The molecule has 0 bridgehead atoms. The molecule has 0 aliphatic carbocycles. The SMILES string of the molecule is CC.CC(C)(C)c1cc(OCCCO)c(C(C)(C)C)cc1OCCCO. The highest BCUT2D eigenvalue weighted by Gasteiger charge is 2.26. The van der Waals surface area contributed by atoms with Crippen molar-refractivity contribution in [2.24, 2.45) is 0 Å². The zero-order valence-corrected chi connectivity index (χ0v) is 18.1. The first-order valence-corrected chi connectivity index (χ1v) is 9.77. The van der Waals surface area contributed by atoms with Gasteiger partial charge in [-0.15, -0.1) is 0 Å². The first kappa shape index (κ1) is 24.7. The number of hydrogen-bond donors (Lipinski definition) is 2. The van der Waals surface area contributed by atoms with E-state index in [1.54, 1.807) is 0 Å². The van der Waals surface area contributed by atoms with Gasteiger partial charge in [-0.05, 0) is 23.0 Å². The Hall–Kier alpha value is -1.26. The van der Waals surface area contributed by atoms with Gasteiger partial charge < -0.3 is 19.7 Å². The number of aliphatic hydroxyl groups excluding tert-OH is 2. The van der Waals surface area contributed by atoms with E-state index in [0.717, 1.165) is 22.6 Å². The van der Waals surface area contributed by atoms with E-state index in [1.165, 1.54) is 0 Å². The molecule has 152 valence electrons. The van der Waals surface area contributed by atoms with Crippen molar-refractivity contribution in [3.63, 3.8) is 0 Å². The normalized spacial score (nSPS) is 11.6. The van der Waals surface area contributed by atoms with Gasteiger partial charge in [0.25, 0.3) is 0 Å². The van der Waals surface area contributed by atoms with Crippen molar-refractivity contribution in [3.8, 4) is 11.5 Å². The number of aliphatic hydroxyl groups is 2. The first-order valence-electron chi connectivity index (χ1n) is 9.77. The molecule has 0 amide bonds. The molecule has 0 saturated heterocycles. The Kier molecular flexibility index (Phi) is 10.9. The van der Waals surface area contributed by atoms with Crippen LogP contribution in [0.5, 0.6) is 11.5 Å². The van der Waals surface area contributed by atoms with Crippen LogP contribution in [0.25, 0.3) is 0 Å². The summed E-state index contributed by atoms with van der Waals surface area (Å²) in [5.41, 5.74) is 2.01. The maximum atomic E-state index is 9.00. The van der Waals surface area contributed by atoms with Gasteiger partial charge in [0.15, 0.2) is 0 Å². The molecular formula is C22H40O4. The Bertz CT molecular complexity index is 462. The van der Waals surface area contributed by atoms with Crippen molar-refractivity contribution in [1.82, 2.24) is 0 Å². The van der Waals surface area contributed by atoms with Crippen LogP contribution >= 0.6 is 0 Å². The molecule has 0 radical (unpaired) electrons. The summed E-state index contributed by atoms with van der Waals surface area (Å²) in [7, 11) is 0. The molecule has 1 aromatic rings. The molecule has 4 heteroatoms. The molecular weight excluding hydrogens is 328 g/mol. The predicted molar refractivity (Wildman–Crippen MR) is 110 cm³/mol. The molecule has 1 aromatic carbocycles. The number of ether oxygens (including phenoxy) is 2. The fraction of sp³-hybridized carbons (Fsp3) is 0.727. The monoisotopic (exact) mass is 368 g/mol. The second-order valence-corrected chi connectivity index (χ2v) is 8.20. The van der Waals surface area contributed by atoms with Crippen LogP contribution in [0, 0.1) is 0 Å². The molecule has 1 rings (SSSR count). The van der Waals surface area contributed by atoms with E-state index in [4.69, 9.17) is 19.7 Å². The Morgan fingerprint density at radius 2 is 1.00 bits per heavy atom. The lowest BCUT2D eigenvalue weighted by Crippen LogP contribution is -2.19. The molecule has 4 nitrogen and oxygen atoms in total. The van der Waals surface area contributed by atoms with Crippen LogP contribution in [0.1, 0.15) is 79.4 Å². The van der Waals surface area contributed by atoms with Crippen LogP contribution in [0.3, 0.4) is 0 Å². The molecule has 0 atom stereocenters. The molecule has 0 fully saturated rings. The third-order valence-electron chi connectivity index (χ3n) is 3.82. The first-order chi connectivity index (χ1) is 12.1. The molecule has 26 heavy (non-hydrogen) atoms. The molecule has 2 N–H and O–H groups in total. The summed E-state index contributed by atoms with van der Waals surface area (Å²) in [6.45, 7) is 18.1. The van der Waals surface area contributed by atoms with E-state index in [0.29, 0.717) is 26.1 Å². The van der Waals surface area contributed by atoms with Gasteiger partial charge in [-0.3, -0.25) is 0 Å².